The van der Waals surface area contributed by atoms with Crippen LogP contribution in [0.1, 0.15) is 28.9 Å². The maximum absolute atomic E-state index is 10.4. The lowest BCUT2D eigenvalue weighted by Crippen LogP contribution is -2.16. The lowest BCUT2D eigenvalue weighted by atomic mass is 10.1. The van der Waals surface area contributed by atoms with Gasteiger partial charge in [0.05, 0.1) is 0 Å². The Kier molecular flexibility index (Phi) is 3.20. The molecule has 0 bridgehead atoms. The molecule has 70 valence electrons. The molecule has 0 aromatic heterocycles. The molecule has 0 amide bonds. The Balaban J connectivity index is 2.85. The number of carbonyl (C=O) groups is 1. The maximum Gasteiger partial charge on any atom is 0.150 e. The molecule has 0 unspecified atom stereocenters. The molecule has 0 aliphatic heterocycles. The third kappa shape index (κ3) is 2.39. The first-order valence-electron chi connectivity index (χ1n) is 4.36. The van der Waals surface area contributed by atoms with Gasteiger partial charge in [-0.1, -0.05) is 24.3 Å². The Bertz CT molecular complexity index is 277. The summed E-state index contributed by atoms with van der Waals surface area (Å²) in [4.78, 5) is 12.5. The zero-order valence-electron chi connectivity index (χ0n) is 8.32. The van der Waals surface area contributed by atoms with E-state index < -0.39 is 0 Å². The summed E-state index contributed by atoms with van der Waals surface area (Å²) in [6, 6.07) is 8.08. The predicted molar refractivity (Wildman–Crippen MR) is 53.9 cm³/mol. The standard InChI is InChI=1S/C11H15NO/c1-9(12(2)3)11-6-4-10(8-13)5-7-11/h4-9H,1-3H3/t9-/m1/s1. The molecule has 1 rings (SSSR count). The Morgan fingerprint density at radius 2 is 1.77 bits per heavy atom. The highest BCUT2D eigenvalue weighted by Crippen LogP contribution is 2.16. The number of aldehydes is 1. The van der Waals surface area contributed by atoms with Gasteiger partial charge >= 0.3 is 0 Å². The van der Waals surface area contributed by atoms with Crippen molar-refractivity contribution in [1.29, 1.82) is 0 Å². The van der Waals surface area contributed by atoms with Gasteiger partial charge < -0.3 is 4.90 Å². The van der Waals surface area contributed by atoms with Gasteiger partial charge in [0.25, 0.3) is 0 Å². The van der Waals surface area contributed by atoms with Gasteiger partial charge in [0.15, 0.2) is 0 Å². The summed E-state index contributed by atoms with van der Waals surface area (Å²) in [6.07, 6.45) is 0.865. The normalized spacial score (nSPS) is 12.9. The van der Waals surface area contributed by atoms with Crippen LogP contribution in [0.15, 0.2) is 24.3 Å². The first-order valence-corrected chi connectivity index (χ1v) is 4.36. The van der Waals surface area contributed by atoms with Gasteiger partial charge in [-0.05, 0) is 26.6 Å². The van der Waals surface area contributed by atoms with Crippen LogP contribution in [-0.2, 0) is 0 Å². The molecule has 2 nitrogen and oxygen atoms in total. The molecule has 0 spiro atoms. The SMILES string of the molecule is C[C@H](c1ccc(C=O)cc1)N(C)C. The number of benzene rings is 1. The van der Waals surface area contributed by atoms with Crippen LogP contribution in [0.3, 0.4) is 0 Å². The average molecular weight is 177 g/mol. The molecular formula is C11H15NO. The van der Waals surface area contributed by atoms with Crippen LogP contribution in [0.25, 0.3) is 0 Å². The quantitative estimate of drug-likeness (QED) is 0.659. The van der Waals surface area contributed by atoms with E-state index in [2.05, 4.69) is 11.8 Å². The first kappa shape index (κ1) is 9.93. The first-order chi connectivity index (χ1) is 6.15. The summed E-state index contributed by atoms with van der Waals surface area (Å²) < 4.78 is 0. The highest BCUT2D eigenvalue weighted by Gasteiger charge is 2.06. The fourth-order valence-electron chi connectivity index (χ4n) is 1.15. The lowest BCUT2D eigenvalue weighted by molar-refractivity contribution is 0.112. The Labute approximate surface area is 79.2 Å². The molecule has 1 aromatic rings. The highest BCUT2D eigenvalue weighted by molar-refractivity contribution is 5.74. The van der Waals surface area contributed by atoms with Crippen LogP contribution >= 0.6 is 0 Å². The van der Waals surface area contributed by atoms with Crippen molar-refractivity contribution < 1.29 is 4.79 Å². The Hall–Kier alpha value is -1.15. The van der Waals surface area contributed by atoms with Crippen LogP contribution < -0.4 is 0 Å². The molecule has 2 heteroatoms. The van der Waals surface area contributed by atoms with Gasteiger partial charge in [-0.15, -0.1) is 0 Å². The van der Waals surface area contributed by atoms with Crippen LogP contribution in [0, 0.1) is 0 Å². The minimum atomic E-state index is 0.390. The van der Waals surface area contributed by atoms with Gasteiger partial charge in [-0.3, -0.25) is 4.79 Å². The van der Waals surface area contributed by atoms with Crippen molar-refractivity contribution in [1.82, 2.24) is 4.90 Å². The predicted octanol–water partition coefficient (Wildman–Crippen LogP) is 2.12. The Morgan fingerprint density at radius 3 is 2.15 bits per heavy atom. The minimum absolute atomic E-state index is 0.390. The molecule has 1 aromatic carbocycles. The van der Waals surface area contributed by atoms with Crippen LogP contribution in [-0.4, -0.2) is 25.3 Å². The lowest BCUT2D eigenvalue weighted by Gasteiger charge is -2.19. The van der Waals surface area contributed by atoms with Crippen molar-refractivity contribution in [2.45, 2.75) is 13.0 Å². The second-order valence-corrected chi connectivity index (χ2v) is 3.42. The molecule has 0 fully saturated rings. The third-order valence-electron chi connectivity index (χ3n) is 2.33. The van der Waals surface area contributed by atoms with E-state index in [9.17, 15) is 4.79 Å². The number of carbonyl (C=O) groups excluding carboxylic acids is 1. The van der Waals surface area contributed by atoms with E-state index in [0.29, 0.717) is 6.04 Å². The van der Waals surface area contributed by atoms with E-state index in [1.54, 1.807) is 0 Å². The summed E-state index contributed by atoms with van der Waals surface area (Å²) in [5, 5.41) is 0. The number of nitrogens with zero attached hydrogens (tertiary/aromatic N) is 1. The molecule has 0 radical (unpaired) electrons. The molecule has 1 atom stereocenters. The molecule has 0 saturated carbocycles. The maximum atomic E-state index is 10.4. The van der Waals surface area contributed by atoms with Crippen LogP contribution in [0.4, 0.5) is 0 Å². The Morgan fingerprint density at radius 1 is 1.23 bits per heavy atom. The number of hydrogen-bond donors (Lipinski definition) is 0. The van der Waals surface area contributed by atoms with E-state index in [1.165, 1.54) is 5.56 Å². The second kappa shape index (κ2) is 4.19. The fourth-order valence-corrected chi connectivity index (χ4v) is 1.15. The van der Waals surface area contributed by atoms with E-state index in [-0.39, 0.29) is 0 Å². The average Bonchev–Trinajstić information content (AvgIpc) is 2.17. The molecule has 0 saturated heterocycles. The van der Waals surface area contributed by atoms with Gasteiger partial charge in [-0.25, -0.2) is 0 Å². The summed E-state index contributed by atoms with van der Waals surface area (Å²) in [6.45, 7) is 2.13. The topological polar surface area (TPSA) is 20.3 Å². The van der Waals surface area contributed by atoms with E-state index in [1.807, 2.05) is 38.4 Å². The number of rotatable bonds is 3. The van der Waals surface area contributed by atoms with Crippen molar-refractivity contribution in [3.63, 3.8) is 0 Å². The molecular weight excluding hydrogens is 162 g/mol. The summed E-state index contributed by atoms with van der Waals surface area (Å²) in [7, 11) is 4.08. The van der Waals surface area contributed by atoms with Crippen LogP contribution in [0.5, 0.6) is 0 Å². The fraction of sp³-hybridized carbons (Fsp3) is 0.364. The third-order valence-corrected chi connectivity index (χ3v) is 2.33. The monoisotopic (exact) mass is 177 g/mol. The summed E-state index contributed by atoms with van der Waals surface area (Å²) in [5.41, 5.74) is 1.96. The molecule has 0 heterocycles. The zero-order chi connectivity index (χ0) is 9.84. The summed E-state index contributed by atoms with van der Waals surface area (Å²) >= 11 is 0. The second-order valence-electron chi connectivity index (χ2n) is 3.42. The van der Waals surface area contributed by atoms with E-state index in [0.717, 1.165) is 11.8 Å². The van der Waals surface area contributed by atoms with Crippen molar-refractivity contribution >= 4 is 6.29 Å². The van der Waals surface area contributed by atoms with Gasteiger partial charge in [0, 0.05) is 11.6 Å². The van der Waals surface area contributed by atoms with E-state index in [4.69, 9.17) is 0 Å². The molecule has 0 N–H and O–H groups in total. The van der Waals surface area contributed by atoms with Crippen molar-refractivity contribution in [3.8, 4) is 0 Å². The van der Waals surface area contributed by atoms with Crippen molar-refractivity contribution in [3.05, 3.63) is 35.4 Å². The van der Waals surface area contributed by atoms with Crippen molar-refractivity contribution in [2.24, 2.45) is 0 Å². The van der Waals surface area contributed by atoms with Gasteiger partial charge in [0.1, 0.15) is 6.29 Å². The van der Waals surface area contributed by atoms with Gasteiger partial charge in [0.2, 0.25) is 0 Å². The largest absolute Gasteiger partial charge is 0.303 e. The molecule has 0 aliphatic rings. The summed E-state index contributed by atoms with van der Waals surface area (Å²) in [5.74, 6) is 0. The highest BCUT2D eigenvalue weighted by atomic mass is 16.1. The molecule has 0 aliphatic carbocycles. The minimum Gasteiger partial charge on any atom is -0.303 e. The van der Waals surface area contributed by atoms with Crippen LogP contribution in [0.2, 0.25) is 0 Å². The zero-order valence-corrected chi connectivity index (χ0v) is 8.32. The van der Waals surface area contributed by atoms with Crippen molar-refractivity contribution in [2.75, 3.05) is 14.1 Å². The van der Waals surface area contributed by atoms with E-state index >= 15 is 0 Å². The molecule has 13 heavy (non-hydrogen) atoms. The number of hydrogen-bond acceptors (Lipinski definition) is 2. The smallest absolute Gasteiger partial charge is 0.150 e. The van der Waals surface area contributed by atoms with Gasteiger partial charge in [-0.2, -0.15) is 0 Å².